The van der Waals surface area contributed by atoms with Gasteiger partial charge >= 0.3 is 23.9 Å². The molecule has 18 nitrogen and oxygen atoms in total. The van der Waals surface area contributed by atoms with E-state index < -0.39 is 139 Å². The predicted octanol–water partition coefficient (Wildman–Crippen LogP) is -1.57. The van der Waals surface area contributed by atoms with Crippen LogP contribution in [0.1, 0.15) is 27.7 Å². The van der Waals surface area contributed by atoms with Crippen LogP contribution in [0.4, 0.5) is 0 Å². The van der Waals surface area contributed by atoms with E-state index in [1.807, 2.05) is 0 Å². The SMILES string of the molecule is C=C(C)C(=O)OCC(O)COC(CO)C(OCC(O)COC(=O)C(=C)C)C(OCC(O)COC(=O)C(=C)C)C(CO)OCC(O)COC(=O)C(=C)C. The van der Waals surface area contributed by atoms with Gasteiger partial charge in [-0.05, 0) is 27.7 Å². The number of aliphatic hydroxyl groups is 6. The third-order valence-electron chi connectivity index (χ3n) is 6.41. The van der Waals surface area contributed by atoms with Crippen LogP contribution in [0.25, 0.3) is 0 Å². The van der Waals surface area contributed by atoms with Crippen molar-refractivity contribution in [2.75, 3.05) is 66.1 Å². The largest absolute Gasteiger partial charge is 0.460 e. The molecule has 52 heavy (non-hydrogen) atoms. The van der Waals surface area contributed by atoms with E-state index in [-0.39, 0.29) is 22.3 Å². The zero-order valence-corrected chi connectivity index (χ0v) is 30.1. The summed E-state index contributed by atoms with van der Waals surface area (Å²) in [6.45, 7) is 13.2. The summed E-state index contributed by atoms with van der Waals surface area (Å²) in [5, 5.41) is 62.5. The number of ether oxygens (including phenoxy) is 8. The lowest BCUT2D eigenvalue weighted by Gasteiger charge is -2.37. The Hall–Kier alpha value is -3.56. The Bertz CT molecular complexity index is 1090. The molecule has 0 aliphatic carbocycles. The molecular formula is C34H54O18. The molecule has 0 aromatic carbocycles. The van der Waals surface area contributed by atoms with Gasteiger partial charge in [-0.3, -0.25) is 0 Å². The monoisotopic (exact) mass is 750 g/mol. The highest BCUT2D eigenvalue weighted by molar-refractivity contribution is 5.88. The van der Waals surface area contributed by atoms with Crippen LogP contribution in [0.3, 0.4) is 0 Å². The summed E-state index contributed by atoms with van der Waals surface area (Å²) in [6.07, 6.45) is -11.8. The number of hydrogen-bond acceptors (Lipinski definition) is 18. The minimum absolute atomic E-state index is 0.0627. The minimum atomic E-state index is -1.54. The van der Waals surface area contributed by atoms with Crippen molar-refractivity contribution in [2.24, 2.45) is 0 Å². The molecule has 0 saturated carbocycles. The summed E-state index contributed by atoms with van der Waals surface area (Å²) in [4.78, 5) is 47.1. The number of aliphatic hydroxyl groups excluding tert-OH is 6. The molecule has 0 spiro atoms. The van der Waals surface area contributed by atoms with Crippen LogP contribution >= 0.6 is 0 Å². The van der Waals surface area contributed by atoms with Crippen molar-refractivity contribution in [2.45, 2.75) is 76.5 Å². The number of carbonyl (C=O) groups excluding carboxylic acids is 4. The van der Waals surface area contributed by atoms with E-state index in [2.05, 4.69) is 26.3 Å². The van der Waals surface area contributed by atoms with Crippen molar-refractivity contribution < 1.29 is 87.7 Å². The fourth-order valence-electron chi connectivity index (χ4n) is 3.62. The lowest BCUT2D eigenvalue weighted by atomic mass is 10.0. The number of carbonyl (C=O) groups is 4. The Kier molecular flexibility index (Phi) is 24.4. The average molecular weight is 751 g/mol. The first-order chi connectivity index (χ1) is 24.3. The van der Waals surface area contributed by atoms with Crippen molar-refractivity contribution in [1.29, 1.82) is 0 Å². The van der Waals surface area contributed by atoms with Crippen LogP contribution in [0.15, 0.2) is 48.6 Å². The minimum Gasteiger partial charge on any atom is -0.460 e. The maximum Gasteiger partial charge on any atom is 0.333 e. The first kappa shape index (κ1) is 48.4. The Morgan fingerprint density at radius 1 is 0.423 bits per heavy atom. The molecule has 0 aliphatic rings. The van der Waals surface area contributed by atoms with E-state index >= 15 is 0 Å². The van der Waals surface area contributed by atoms with Gasteiger partial charge in [0.05, 0.1) is 39.6 Å². The number of rotatable bonds is 29. The van der Waals surface area contributed by atoms with Crippen molar-refractivity contribution >= 4 is 23.9 Å². The molecule has 0 amide bonds. The van der Waals surface area contributed by atoms with Crippen LogP contribution in [0.5, 0.6) is 0 Å². The van der Waals surface area contributed by atoms with Crippen LogP contribution in [-0.4, -0.2) is 169 Å². The highest BCUT2D eigenvalue weighted by Crippen LogP contribution is 2.20. The van der Waals surface area contributed by atoms with Crippen LogP contribution < -0.4 is 0 Å². The molecule has 0 rings (SSSR count). The standard InChI is InChI=1S/C34H54O18/c1-19(2)31(41)49-15-23(37)11-45-27(9-35)29(47-13-25(39)17-51-33(43)21(5)6)30(48-14-26(40)18-52-34(44)22(7)8)28(10-36)46-12-24(38)16-50-32(42)20(3)4/h23-30,35-40H,1,3,5,7,9-18H2,2,4,6,8H3. The third-order valence-corrected chi connectivity index (χ3v) is 6.41. The van der Waals surface area contributed by atoms with Gasteiger partial charge in [-0.1, -0.05) is 26.3 Å². The Balaban J connectivity index is 6.37. The molecule has 0 saturated heterocycles. The molecule has 8 unspecified atom stereocenters. The lowest BCUT2D eigenvalue weighted by molar-refractivity contribution is -0.213. The summed E-state index contributed by atoms with van der Waals surface area (Å²) in [5.74, 6) is -3.14. The molecule has 0 fully saturated rings. The number of hydrogen-bond donors (Lipinski definition) is 6. The molecule has 298 valence electrons. The fourth-order valence-corrected chi connectivity index (χ4v) is 3.62. The average Bonchev–Trinajstić information content (AvgIpc) is 3.09. The van der Waals surface area contributed by atoms with Gasteiger partial charge < -0.3 is 68.5 Å². The molecule has 0 aliphatic heterocycles. The second-order valence-electron chi connectivity index (χ2n) is 11.8. The van der Waals surface area contributed by atoms with Crippen LogP contribution in [0.2, 0.25) is 0 Å². The van der Waals surface area contributed by atoms with Crippen LogP contribution in [0, 0.1) is 0 Å². The smallest absolute Gasteiger partial charge is 0.333 e. The van der Waals surface area contributed by atoms with E-state index in [1.165, 1.54) is 27.7 Å². The topological polar surface area (TPSA) is 263 Å². The van der Waals surface area contributed by atoms with Gasteiger partial charge in [-0.25, -0.2) is 19.2 Å². The van der Waals surface area contributed by atoms with Gasteiger partial charge in [0.1, 0.15) is 75.3 Å². The normalized spacial score (nSPS) is 15.8. The van der Waals surface area contributed by atoms with E-state index in [0.29, 0.717) is 0 Å². The maximum absolute atomic E-state index is 11.8. The van der Waals surface area contributed by atoms with Crippen molar-refractivity contribution in [1.82, 2.24) is 0 Å². The second-order valence-corrected chi connectivity index (χ2v) is 11.8. The van der Waals surface area contributed by atoms with Crippen LogP contribution in [-0.2, 0) is 57.1 Å². The third kappa shape index (κ3) is 20.5. The first-order valence-corrected chi connectivity index (χ1v) is 16.0. The molecule has 6 N–H and O–H groups in total. The predicted molar refractivity (Wildman–Crippen MR) is 180 cm³/mol. The number of esters is 4. The van der Waals surface area contributed by atoms with Gasteiger partial charge in [-0.2, -0.15) is 0 Å². The van der Waals surface area contributed by atoms with E-state index in [0.717, 1.165) is 0 Å². The van der Waals surface area contributed by atoms with Gasteiger partial charge in [-0.15, -0.1) is 0 Å². The fraction of sp³-hybridized carbons (Fsp3) is 0.647. The summed E-state index contributed by atoms with van der Waals surface area (Å²) in [6, 6.07) is 0. The second kappa shape index (κ2) is 26.2. The Morgan fingerprint density at radius 3 is 0.827 bits per heavy atom. The molecule has 0 radical (unpaired) electrons. The van der Waals surface area contributed by atoms with Crippen molar-refractivity contribution in [3.8, 4) is 0 Å². The summed E-state index contributed by atoms with van der Waals surface area (Å²) >= 11 is 0. The highest BCUT2D eigenvalue weighted by Gasteiger charge is 2.39. The zero-order valence-electron chi connectivity index (χ0n) is 30.1. The van der Waals surface area contributed by atoms with Gasteiger partial charge in [0.2, 0.25) is 0 Å². The molecule has 0 aromatic heterocycles. The molecule has 8 atom stereocenters. The van der Waals surface area contributed by atoms with Crippen molar-refractivity contribution in [3.63, 3.8) is 0 Å². The molecule has 18 heteroatoms. The van der Waals surface area contributed by atoms with Gasteiger partial charge in [0.25, 0.3) is 0 Å². The molecule has 0 bridgehead atoms. The lowest BCUT2D eigenvalue weighted by Crippen LogP contribution is -2.54. The van der Waals surface area contributed by atoms with E-state index in [4.69, 9.17) is 37.9 Å². The zero-order chi connectivity index (χ0) is 40.0. The maximum atomic E-state index is 11.8. The molecule has 0 aromatic rings. The van der Waals surface area contributed by atoms with Crippen molar-refractivity contribution in [3.05, 3.63) is 48.6 Å². The summed E-state index contributed by atoms with van der Waals surface area (Å²) in [5.41, 5.74) is 0.279. The Labute approximate surface area is 302 Å². The first-order valence-electron chi connectivity index (χ1n) is 16.0. The summed E-state index contributed by atoms with van der Waals surface area (Å²) < 4.78 is 42.8. The van der Waals surface area contributed by atoms with E-state index in [1.54, 1.807) is 0 Å². The Morgan fingerprint density at radius 2 is 0.635 bits per heavy atom. The van der Waals surface area contributed by atoms with Gasteiger partial charge in [0.15, 0.2) is 0 Å². The highest BCUT2D eigenvalue weighted by atomic mass is 16.6. The van der Waals surface area contributed by atoms with E-state index in [9.17, 15) is 49.8 Å². The quantitative estimate of drug-likeness (QED) is 0.0287. The van der Waals surface area contributed by atoms with Gasteiger partial charge in [0, 0.05) is 22.3 Å². The molecular weight excluding hydrogens is 696 g/mol. The summed E-state index contributed by atoms with van der Waals surface area (Å²) in [7, 11) is 0. The molecule has 0 heterocycles.